The fraction of sp³-hybridized carbons (Fsp3) is 0.194. The van der Waals surface area contributed by atoms with Gasteiger partial charge >= 0.3 is 6.18 Å². The number of nitrogens with zero attached hydrogens (tertiary/aromatic N) is 2. The normalized spacial score (nSPS) is 16.7. The van der Waals surface area contributed by atoms with Crippen LogP contribution in [0, 0.1) is 5.82 Å². The molecule has 1 aliphatic heterocycles. The molecule has 1 heterocycles. The summed E-state index contributed by atoms with van der Waals surface area (Å²) in [5.74, 6) is -1.45. The third-order valence-corrected chi connectivity index (χ3v) is 7.49. The SMILES string of the molecule is O=C(NCC=NOCCc1ccccc1)c1ccc(C2=NOC(c3cc(Cl)c(F)c(Cl)c3)(C(F)(F)F)C2)c2ccccc12. The van der Waals surface area contributed by atoms with Gasteiger partial charge in [0.05, 0.1) is 28.5 Å². The fourth-order valence-electron chi connectivity index (χ4n) is 4.77. The molecule has 1 aliphatic rings. The number of fused-ring (bicyclic) bond motifs is 1. The molecule has 222 valence electrons. The zero-order valence-electron chi connectivity index (χ0n) is 22.3. The van der Waals surface area contributed by atoms with E-state index < -0.39 is 45.5 Å². The number of nitrogens with one attached hydrogen (secondary N) is 1. The highest BCUT2D eigenvalue weighted by molar-refractivity contribution is 6.35. The van der Waals surface area contributed by atoms with Crippen molar-refractivity contribution in [3.05, 3.63) is 117 Å². The fourth-order valence-corrected chi connectivity index (χ4v) is 5.26. The molecule has 1 atom stereocenters. The van der Waals surface area contributed by atoms with Crippen molar-refractivity contribution in [2.24, 2.45) is 10.3 Å². The number of carbonyl (C=O) groups is 1. The molecule has 0 radical (unpaired) electrons. The van der Waals surface area contributed by atoms with Gasteiger partial charge < -0.3 is 15.0 Å². The van der Waals surface area contributed by atoms with E-state index in [9.17, 15) is 22.4 Å². The van der Waals surface area contributed by atoms with Crippen molar-refractivity contribution in [3.8, 4) is 0 Å². The van der Waals surface area contributed by atoms with Crippen LogP contribution in [0.25, 0.3) is 10.8 Å². The number of rotatable bonds is 9. The molecular formula is C31H23Cl2F4N3O3. The lowest BCUT2D eigenvalue weighted by atomic mass is 9.85. The van der Waals surface area contributed by atoms with Crippen LogP contribution >= 0.6 is 23.2 Å². The van der Waals surface area contributed by atoms with Crippen LogP contribution in [0.3, 0.4) is 0 Å². The smallest absolute Gasteiger partial charge is 0.396 e. The Labute approximate surface area is 253 Å². The van der Waals surface area contributed by atoms with Crippen molar-refractivity contribution in [3.63, 3.8) is 0 Å². The second kappa shape index (κ2) is 12.6. The predicted molar refractivity (Wildman–Crippen MR) is 157 cm³/mol. The van der Waals surface area contributed by atoms with E-state index in [0.29, 0.717) is 34.9 Å². The molecule has 1 unspecified atom stereocenters. The summed E-state index contributed by atoms with van der Waals surface area (Å²) in [6.45, 7) is 0.475. The summed E-state index contributed by atoms with van der Waals surface area (Å²) < 4.78 is 57.4. The Hall–Kier alpha value is -4.15. The zero-order chi connectivity index (χ0) is 30.6. The van der Waals surface area contributed by atoms with Crippen LogP contribution in [-0.2, 0) is 21.7 Å². The first-order chi connectivity index (χ1) is 20.6. The second-order valence-corrected chi connectivity index (χ2v) is 10.5. The molecule has 0 aliphatic carbocycles. The van der Waals surface area contributed by atoms with Gasteiger partial charge in [-0.3, -0.25) is 4.79 Å². The van der Waals surface area contributed by atoms with Gasteiger partial charge in [-0.2, -0.15) is 13.2 Å². The van der Waals surface area contributed by atoms with Gasteiger partial charge in [-0.05, 0) is 34.5 Å². The predicted octanol–water partition coefficient (Wildman–Crippen LogP) is 7.84. The number of halogens is 6. The minimum atomic E-state index is -4.95. The van der Waals surface area contributed by atoms with Gasteiger partial charge in [-0.15, -0.1) is 0 Å². The molecule has 43 heavy (non-hydrogen) atoms. The summed E-state index contributed by atoms with van der Waals surface area (Å²) in [7, 11) is 0. The highest BCUT2D eigenvalue weighted by atomic mass is 35.5. The Morgan fingerprint density at radius 1 is 1.02 bits per heavy atom. The summed E-state index contributed by atoms with van der Waals surface area (Å²) >= 11 is 11.6. The molecule has 0 fully saturated rings. The highest BCUT2D eigenvalue weighted by Gasteiger charge is 2.62. The Kier molecular flexibility index (Phi) is 8.89. The highest BCUT2D eigenvalue weighted by Crippen LogP contribution is 2.50. The molecule has 0 aromatic heterocycles. The third-order valence-electron chi connectivity index (χ3n) is 6.94. The maximum absolute atomic E-state index is 14.5. The van der Waals surface area contributed by atoms with Gasteiger partial charge in [0.25, 0.3) is 11.5 Å². The van der Waals surface area contributed by atoms with E-state index in [1.165, 1.54) is 18.3 Å². The first-order valence-electron chi connectivity index (χ1n) is 13.1. The molecule has 4 aromatic carbocycles. The van der Waals surface area contributed by atoms with Crippen LogP contribution in [0.4, 0.5) is 17.6 Å². The third kappa shape index (κ3) is 6.30. The van der Waals surface area contributed by atoms with E-state index in [2.05, 4.69) is 15.6 Å². The average molecular weight is 632 g/mol. The number of hydrogen-bond acceptors (Lipinski definition) is 5. The number of carbonyl (C=O) groups excluding carboxylic acids is 1. The standard InChI is InChI=1S/C31H23Cl2F4N3O3/c32-25-16-20(17-26(33)28(25)34)30(31(35,36)37)18-27(40-43-30)23-10-11-24(22-9-5-4-8-21(22)23)29(41)38-13-14-39-42-15-12-19-6-2-1-3-7-19/h1-11,14,16-17H,12-13,15,18H2,(H,38,41). The first-order valence-corrected chi connectivity index (χ1v) is 13.8. The second-order valence-electron chi connectivity index (χ2n) is 9.66. The number of hydrogen-bond donors (Lipinski definition) is 1. The van der Waals surface area contributed by atoms with E-state index in [-0.39, 0.29) is 12.3 Å². The molecule has 4 aromatic rings. The van der Waals surface area contributed by atoms with Gasteiger partial charge in [0.15, 0.2) is 5.82 Å². The van der Waals surface area contributed by atoms with E-state index in [0.717, 1.165) is 17.7 Å². The molecular weight excluding hydrogens is 609 g/mol. The van der Waals surface area contributed by atoms with Gasteiger partial charge in [-0.25, -0.2) is 4.39 Å². The lowest BCUT2D eigenvalue weighted by Crippen LogP contribution is -2.42. The lowest BCUT2D eigenvalue weighted by molar-refractivity contribution is -0.275. The van der Waals surface area contributed by atoms with E-state index in [1.54, 1.807) is 24.3 Å². The largest absolute Gasteiger partial charge is 0.435 e. The van der Waals surface area contributed by atoms with Crippen LogP contribution < -0.4 is 5.32 Å². The van der Waals surface area contributed by atoms with E-state index >= 15 is 0 Å². The van der Waals surface area contributed by atoms with Crippen LogP contribution in [0.2, 0.25) is 10.0 Å². The number of oxime groups is 2. The summed E-state index contributed by atoms with van der Waals surface area (Å²) in [6.07, 6.45) is -3.57. The Morgan fingerprint density at radius 3 is 2.40 bits per heavy atom. The van der Waals surface area contributed by atoms with Crippen molar-refractivity contribution in [1.82, 2.24) is 5.32 Å². The van der Waals surface area contributed by atoms with Crippen molar-refractivity contribution < 1.29 is 32.0 Å². The lowest BCUT2D eigenvalue weighted by Gasteiger charge is -2.29. The molecule has 0 saturated heterocycles. The topological polar surface area (TPSA) is 72.3 Å². The maximum Gasteiger partial charge on any atom is 0.435 e. The van der Waals surface area contributed by atoms with Gasteiger partial charge in [0, 0.05) is 29.5 Å². The van der Waals surface area contributed by atoms with E-state index in [4.69, 9.17) is 32.9 Å². The maximum atomic E-state index is 14.5. The molecule has 6 nitrogen and oxygen atoms in total. The van der Waals surface area contributed by atoms with Crippen molar-refractivity contribution in [2.75, 3.05) is 13.2 Å². The summed E-state index contributed by atoms with van der Waals surface area (Å²) in [5, 5.41) is 10.2. The minimum Gasteiger partial charge on any atom is -0.396 e. The quantitative estimate of drug-likeness (QED) is 0.0672. The summed E-state index contributed by atoms with van der Waals surface area (Å²) in [4.78, 5) is 23.3. The van der Waals surface area contributed by atoms with Crippen molar-refractivity contribution in [2.45, 2.75) is 24.6 Å². The molecule has 1 N–H and O–H groups in total. The van der Waals surface area contributed by atoms with Crippen molar-refractivity contribution >= 4 is 51.8 Å². The zero-order valence-corrected chi connectivity index (χ0v) is 23.8. The van der Waals surface area contributed by atoms with Crippen molar-refractivity contribution in [1.29, 1.82) is 0 Å². The Bertz CT molecular complexity index is 1690. The summed E-state index contributed by atoms with van der Waals surface area (Å²) in [5.41, 5.74) is -1.69. The van der Waals surface area contributed by atoms with Gasteiger partial charge in [0.1, 0.15) is 6.61 Å². The van der Waals surface area contributed by atoms with Crippen LogP contribution in [0.5, 0.6) is 0 Å². The monoisotopic (exact) mass is 631 g/mol. The van der Waals surface area contributed by atoms with Crippen LogP contribution in [0.15, 0.2) is 89.2 Å². The van der Waals surface area contributed by atoms with Gasteiger partial charge in [-0.1, -0.05) is 94.2 Å². The number of amides is 1. The van der Waals surface area contributed by atoms with E-state index in [1.807, 2.05) is 30.3 Å². The van der Waals surface area contributed by atoms with Crippen LogP contribution in [-0.4, -0.2) is 37.2 Å². The van der Waals surface area contributed by atoms with Gasteiger partial charge in [0.2, 0.25) is 0 Å². The average Bonchev–Trinajstić information content (AvgIpc) is 3.46. The molecule has 0 saturated carbocycles. The Balaban J connectivity index is 1.31. The molecule has 1 amide bonds. The molecule has 5 rings (SSSR count). The number of benzene rings is 4. The molecule has 0 bridgehead atoms. The molecule has 0 spiro atoms. The summed E-state index contributed by atoms with van der Waals surface area (Å²) in [6, 6.07) is 21.2. The first kappa shape index (κ1) is 30.3. The number of alkyl halides is 3. The minimum absolute atomic E-state index is 0.0168. The Morgan fingerprint density at radius 2 is 1.70 bits per heavy atom. The molecule has 12 heteroatoms. The van der Waals surface area contributed by atoms with Crippen LogP contribution in [0.1, 0.15) is 33.5 Å².